The first kappa shape index (κ1) is 40.7. The second-order valence-electron chi connectivity index (χ2n) is 18.6. The normalized spacial score (nSPS) is 12.6. The van der Waals surface area contributed by atoms with Gasteiger partial charge in [0, 0.05) is 16.7 Å². The van der Waals surface area contributed by atoms with Crippen LogP contribution in [0.4, 0.5) is 0 Å². The number of benzene rings is 12. The van der Waals surface area contributed by atoms with Crippen LogP contribution in [0.15, 0.2) is 261 Å². The molecule has 0 bridgehead atoms. The van der Waals surface area contributed by atoms with Gasteiger partial charge in [-0.1, -0.05) is 243 Å². The maximum atomic E-state index is 5.50. The highest BCUT2D eigenvalue weighted by Gasteiger charge is 2.46. The third-order valence-corrected chi connectivity index (χ3v) is 14.8. The molecule has 1 aromatic heterocycles. The van der Waals surface area contributed by atoms with E-state index in [1.54, 1.807) is 0 Å². The lowest BCUT2D eigenvalue weighted by molar-refractivity contribution is 0.768. The van der Waals surface area contributed by atoms with Crippen LogP contribution in [0.5, 0.6) is 0 Å². The molecule has 0 N–H and O–H groups in total. The molecule has 0 saturated heterocycles. The summed E-state index contributed by atoms with van der Waals surface area (Å²) >= 11 is 0. The van der Waals surface area contributed by atoms with Crippen LogP contribution in [0.25, 0.3) is 111 Å². The average Bonchev–Trinajstić information content (AvgIpc) is 3.75. The Kier molecular flexibility index (Phi) is 9.43. The van der Waals surface area contributed by atoms with E-state index >= 15 is 0 Å². The van der Waals surface area contributed by atoms with E-state index in [9.17, 15) is 0 Å². The molecule has 0 saturated carbocycles. The van der Waals surface area contributed by atoms with Gasteiger partial charge in [0.05, 0.1) is 5.41 Å². The van der Waals surface area contributed by atoms with Crippen molar-refractivity contribution in [3.05, 3.63) is 283 Å². The van der Waals surface area contributed by atoms with Gasteiger partial charge < -0.3 is 0 Å². The van der Waals surface area contributed by atoms with Crippen molar-refractivity contribution in [3.63, 3.8) is 0 Å². The molecule has 0 spiro atoms. The molecule has 0 aliphatic heterocycles. The molecular weight excluding hydrogens is 859 g/mol. The third-order valence-electron chi connectivity index (χ3n) is 14.8. The van der Waals surface area contributed by atoms with Crippen molar-refractivity contribution in [2.24, 2.45) is 0 Å². The average molecular weight is 902 g/mol. The van der Waals surface area contributed by atoms with Crippen molar-refractivity contribution in [1.82, 2.24) is 15.0 Å². The summed E-state index contributed by atoms with van der Waals surface area (Å²) in [5, 5.41) is 9.60. The molecule has 0 fully saturated rings. The Hall–Kier alpha value is -9.31. The Bertz CT molecular complexity index is 4180. The van der Waals surface area contributed by atoms with Gasteiger partial charge in [-0.2, -0.15) is 0 Å². The van der Waals surface area contributed by atoms with Gasteiger partial charge >= 0.3 is 0 Å². The SMILES string of the molecule is c1ccc(-c2ccccc2-c2nc(-c3ccc4c(c3)-c3ccccc3C4(c3ccccc3)c3ccccc3)nc(-c3ccc(-c4c5ccccc5cc5c4ccc4ccccc45)c4ccccc34)n2)cc1. The molecule has 0 unspecified atom stereocenters. The third kappa shape index (κ3) is 6.40. The Morgan fingerprint density at radius 3 is 1.49 bits per heavy atom. The topological polar surface area (TPSA) is 38.7 Å². The maximum absolute atomic E-state index is 5.50. The van der Waals surface area contributed by atoms with Crippen molar-refractivity contribution in [2.75, 3.05) is 0 Å². The number of nitrogens with zero attached hydrogens (tertiary/aromatic N) is 3. The number of rotatable bonds is 7. The Labute approximate surface area is 412 Å². The van der Waals surface area contributed by atoms with Crippen LogP contribution < -0.4 is 0 Å². The van der Waals surface area contributed by atoms with E-state index in [1.807, 2.05) is 0 Å². The lowest BCUT2D eigenvalue weighted by Gasteiger charge is -2.33. The summed E-state index contributed by atoms with van der Waals surface area (Å²) in [5.41, 5.74) is 14.2. The number of fused-ring (bicyclic) bond motifs is 8. The quantitative estimate of drug-likeness (QED) is 0.118. The van der Waals surface area contributed by atoms with Crippen LogP contribution in [0.3, 0.4) is 0 Å². The summed E-state index contributed by atoms with van der Waals surface area (Å²) in [7, 11) is 0. The Balaban J connectivity index is 1.01. The van der Waals surface area contributed by atoms with Gasteiger partial charge in [0.1, 0.15) is 0 Å². The standard InChI is InChI=1S/C68H43N3/c1-4-20-44(21-5-1)50-28-14-17-34-58(50)66-69-65(47-37-41-63-61(43-47)55-33-18-19-35-62(55)68(63,48-24-6-2-7-25-48)49-26-8-3-9-27-49)70-67(71-66)59-40-39-56(53-31-15-16-32-54(53)59)64-52-30-13-11-23-46(52)42-60-51-29-12-10-22-45(51)36-38-57(60)64/h1-43H. The zero-order valence-corrected chi connectivity index (χ0v) is 38.7. The minimum Gasteiger partial charge on any atom is -0.208 e. The van der Waals surface area contributed by atoms with E-state index in [4.69, 9.17) is 15.0 Å². The first-order valence-corrected chi connectivity index (χ1v) is 24.3. The molecular formula is C68H43N3. The van der Waals surface area contributed by atoms with Crippen LogP contribution in [-0.4, -0.2) is 15.0 Å². The largest absolute Gasteiger partial charge is 0.208 e. The van der Waals surface area contributed by atoms with E-state index in [-0.39, 0.29) is 0 Å². The first-order chi connectivity index (χ1) is 35.2. The highest BCUT2D eigenvalue weighted by atomic mass is 15.0. The molecule has 0 radical (unpaired) electrons. The fourth-order valence-electron chi connectivity index (χ4n) is 11.7. The number of hydrogen-bond acceptors (Lipinski definition) is 3. The molecule has 1 aliphatic carbocycles. The van der Waals surface area contributed by atoms with Gasteiger partial charge in [0.25, 0.3) is 0 Å². The summed E-state index contributed by atoms with van der Waals surface area (Å²) in [5.74, 6) is 1.85. The predicted octanol–water partition coefficient (Wildman–Crippen LogP) is 17.2. The van der Waals surface area contributed by atoms with Gasteiger partial charge in [-0.05, 0) is 117 Å². The van der Waals surface area contributed by atoms with Crippen LogP contribution in [0.1, 0.15) is 22.3 Å². The lowest BCUT2D eigenvalue weighted by Crippen LogP contribution is -2.28. The molecule has 3 nitrogen and oxygen atoms in total. The number of aromatic nitrogens is 3. The van der Waals surface area contributed by atoms with Gasteiger partial charge in [-0.15, -0.1) is 0 Å². The minimum atomic E-state index is -0.514. The summed E-state index contributed by atoms with van der Waals surface area (Å²) in [6, 6.07) is 94.2. The van der Waals surface area contributed by atoms with E-state index in [1.165, 1.54) is 76.8 Å². The fourth-order valence-corrected chi connectivity index (χ4v) is 11.7. The molecule has 330 valence electrons. The highest BCUT2D eigenvalue weighted by Crippen LogP contribution is 2.56. The van der Waals surface area contributed by atoms with Crippen molar-refractivity contribution >= 4 is 43.1 Å². The highest BCUT2D eigenvalue weighted by molar-refractivity contribution is 6.23. The second-order valence-corrected chi connectivity index (χ2v) is 18.6. The summed E-state index contributed by atoms with van der Waals surface area (Å²) in [4.78, 5) is 16.4. The summed E-state index contributed by atoms with van der Waals surface area (Å²) < 4.78 is 0. The lowest BCUT2D eigenvalue weighted by atomic mass is 9.67. The van der Waals surface area contributed by atoms with Crippen LogP contribution in [0.2, 0.25) is 0 Å². The zero-order valence-electron chi connectivity index (χ0n) is 38.7. The fraction of sp³-hybridized carbons (Fsp3) is 0.0147. The van der Waals surface area contributed by atoms with Gasteiger partial charge in [-0.3, -0.25) is 0 Å². The van der Waals surface area contributed by atoms with Gasteiger partial charge in [0.15, 0.2) is 17.5 Å². The monoisotopic (exact) mass is 901 g/mol. The predicted molar refractivity (Wildman–Crippen MR) is 294 cm³/mol. The zero-order chi connectivity index (χ0) is 46.9. The van der Waals surface area contributed by atoms with E-state index in [0.717, 1.165) is 38.6 Å². The molecule has 13 aromatic rings. The van der Waals surface area contributed by atoms with Crippen LogP contribution in [0, 0.1) is 0 Å². The maximum Gasteiger partial charge on any atom is 0.164 e. The van der Waals surface area contributed by atoms with Crippen molar-refractivity contribution in [3.8, 4) is 67.5 Å². The molecule has 0 amide bonds. The van der Waals surface area contributed by atoms with E-state index < -0.39 is 5.41 Å². The molecule has 1 aliphatic rings. The van der Waals surface area contributed by atoms with Crippen molar-refractivity contribution in [1.29, 1.82) is 0 Å². The van der Waals surface area contributed by atoms with Crippen molar-refractivity contribution in [2.45, 2.75) is 5.41 Å². The smallest absolute Gasteiger partial charge is 0.164 e. The van der Waals surface area contributed by atoms with Crippen LogP contribution in [-0.2, 0) is 5.41 Å². The van der Waals surface area contributed by atoms with Gasteiger partial charge in [0.2, 0.25) is 0 Å². The summed E-state index contributed by atoms with van der Waals surface area (Å²) in [6.07, 6.45) is 0. The Morgan fingerprint density at radius 1 is 0.239 bits per heavy atom. The molecule has 71 heavy (non-hydrogen) atoms. The van der Waals surface area contributed by atoms with E-state index in [0.29, 0.717) is 17.5 Å². The first-order valence-electron chi connectivity index (χ1n) is 24.3. The van der Waals surface area contributed by atoms with E-state index in [2.05, 4.69) is 261 Å². The van der Waals surface area contributed by atoms with Crippen molar-refractivity contribution < 1.29 is 0 Å². The molecule has 0 atom stereocenters. The minimum absolute atomic E-state index is 0.514. The van der Waals surface area contributed by atoms with Crippen LogP contribution >= 0.6 is 0 Å². The molecule has 3 heteroatoms. The summed E-state index contributed by atoms with van der Waals surface area (Å²) in [6.45, 7) is 0. The van der Waals surface area contributed by atoms with Gasteiger partial charge in [-0.25, -0.2) is 15.0 Å². The Morgan fingerprint density at radius 2 is 0.761 bits per heavy atom. The molecule has 12 aromatic carbocycles. The molecule has 1 heterocycles. The molecule has 14 rings (SSSR count). The number of hydrogen-bond donors (Lipinski definition) is 0. The second kappa shape index (κ2) is 16.4.